The monoisotopic (exact) mass is 421 g/mol. The molecule has 30 heavy (non-hydrogen) atoms. The van der Waals surface area contributed by atoms with E-state index in [-0.39, 0.29) is 47.7 Å². The maximum Gasteiger partial charge on any atom is 0.315 e. The normalized spacial score (nSPS) is 26.7. The lowest BCUT2D eigenvalue weighted by molar-refractivity contribution is -0.134. The molecule has 1 heterocycles. The number of hydrogen-bond donors (Lipinski definition) is 0. The summed E-state index contributed by atoms with van der Waals surface area (Å²) in [4.78, 5) is 40.1. The molecule has 0 radical (unpaired) electrons. The van der Waals surface area contributed by atoms with Gasteiger partial charge in [0.25, 0.3) is 0 Å². The molecule has 1 aliphatic heterocycles. The zero-order valence-electron chi connectivity index (χ0n) is 16.4. The van der Waals surface area contributed by atoms with Crippen LogP contribution in [0.15, 0.2) is 60.2 Å². The summed E-state index contributed by atoms with van der Waals surface area (Å²) in [5.74, 6) is -0.970. The van der Waals surface area contributed by atoms with E-state index in [0.29, 0.717) is 10.7 Å². The molecular weight excluding hydrogens is 402 g/mol. The number of allylic oxidation sites excluding steroid dienone is 2. The molecule has 1 saturated carbocycles. The van der Waals surface area contributed by atoms with Crippen LogP contribution in [-0.2, 0) is 20.8 Å². The van der Waals surface area contributed by atoms with Gasteiger partial charge >= 0.3 is 5.97 Å². The number of carbonyl (C=O) groups is 3. The SMILES string of the molecule is CC1=CC2CC1C1C(=O)N(c3ccccc3OC(=O)Cc3ccc(Cl)cc3)C(=O)C21. The molecule has 6 heteroatoms. The first-order valence-corrected chi connectivity index (χ1v) is 10.4. The van der Waals surface area contributed by atoms with Crippen LogP contribution in [0.3, 0.4) is 0 Å². The van der Waals surface area contributed by atoms with Gasteiger partial charge in [-0.2, -0.15) is 0 Å². The minimum atomic E-state index is -0.471. The van der Waals surface area contributed by atoms with Gasteiger partial charge in [-0.25, -0.2) is 4.90 Å². The fraction of sp³-hybridized carbons (Fsp3) is 0.292. The molecule has 2 bridgehead atoms. The van der Waals surface area contributed by atoms with E-state index in [1.807, 2.05) is 6.92 Å². The largest absolute Gasteiger partial charge is 0.424 e. The van der Waals surface area contributed by atoms with Gasteiger partial charge in [0.1, 0.15) is 0 Å². The third kappa shape index (κ3) is 2.96. The molecular formula is C24H20ClNO4. The first kappa shape index (κ1) is 19.1. The van der Waals surface area contributed by atoms with Crippen LogP contribution < -0.4 is 9.64 Å². The van der Waals surface area contributed by atoms with Crippen molar-refractivity contribution in [2.75, 3.05) is 4.90 Å². The number of nitrogens with zero attached hydrogens (tertiary/aromatic N) is 1. The number of amides is 2. The average molecular weight is 422 g/mol. The Morgan fingerprint density at radius 2 is 1.77 bits per heavy atom. The van der Waals surface area contributed by atoms with Crippen molar-refractivity contribution in [3.8, 4) is 5.75 Å². The highest BCUT2D eigenvalue weighted by molar-refractivity contribution is 6.30. The van der Waals surface area contributed by atoms with Gasteiger partial charge in [-0.3, -0.25) is 14.4 Å². The average Bonchev–Trinajstić information content (AvgIpc) is 3.35. The summed E-state index contributed by atoms with van der Waals surface area (Å²) < 4.78 is 5.57. The number of ether oxygens (including phenoxy) is 1. The molecule has 2 amide bonds. The summed E-state index contributed by atoms with van der Waals surface area (Å²) in [6.45, 7) is 2.04. The van der Waals surface area contributed by atoms with E-state index in [9.17, 15) is 14.4 Å². The Bertz CT molecular complexity index is 1090. The van der Waals surface area contributed by atoms with Crippen LogP contribution in [0.25, 0.3) is 0 Å². The molecule has 4 atom stereocenters. The predicted octanol–water partition coefficient (Wildman–Crippen LogP) is 4.19. The second-order valence-corrected chi connectivity index (χ2v) is 8.66. The third-order valence-corrected chi connectivity index (χ3v) is 6.72. The molecule has 2 fully saturated rings. The Kier molecular flexibility index (Phi) is 4.51. The van der Waals surface area contributed by atoms with Crippen LogP contribution in [-0.4, -0.2) is 17.8 Å². The Morgan fingerprint density at radius 1 is 1.07 bits per heavy atom. The van der Waals surface area contributed by atoms with Crippen LogP contribution in [0.4, 0.5) is 5.69 Å². The fourth-order valence-electron chi connectivity index (χ4n) is 5.17. The van der Waals surface area contributed by atoms with E-state index in [0.717, 1.165) is 12.0 Å². The van der Waals surface area contributed by atoms with Gasteiger partial charge in [-0.1, -0.05) is 47.5 Å². The highest BCUT2D eigenvalue weighted by Crippen LogP contribution is 2.56. The molecule has 2 aliphatic carbocycles. The Balaban J connectivity index is 1.39. The second-order valence-electron chi connectivity index (χ2n) is 8.23. The van der Waals surface area contributed by atoms with E-state index in [2.05, 4.69) is 6.08 Å². The highest BCUT2D eigenvalue weighted by atomic mass is 35.5. The summed E-state index contributed by atoms with van der Waals surface area (Å²) in [5, 5.41) is 0.591. The van der Waals surface area contributed by atoms with Crippen LogP contribution in [0.5, 0.6) is 5.75 Å². The minimum Gasteiger partial charge on any atom is -0.424 e. The van der Waals surface area contributed by atoms with Crippen molar-refractivity contribution >= 4 is 35.1 Å². The first-order chi connectivity index (χ1) is 14.4. The standard InChI is InChI=1S/C24H20ClNO4/c1-13-10-15-12-17(13)22-21(15)23(28)26(24(22)29)18-4-2-3-5-19(18)30-20(27)11-14-6-8-16(25)9-7-14/h2-10,15,17,21-22H,11-12H2,1H3. The van der Waals surface area contributed by atoms with E-state index in [1.165, 1.54) is 10.5 Å². The molecule has 4 unspecified atom stereocenters. The summed E-state index contributed by atoms with van der Waals surface area (Å²) in [7, 11) is 0. The Hall–Kier alpha value is -2.92. The molecule has 152 valence electrons. The number of halogens is 1. The minimum absolute atomic E-state index is 0.0614. The maximum atomic E-state index is 13.2. The predicted molar refractivity (Wildman–Crippen MR) is 112 cm³/mol. The van der Waals surface area contributed by atoms with Gasteiger partial charge in [0.05, 0.1) is 23.9 Å². The maximum absolute atomic E-state index is 13.2. The summed E-state index contributed by atoms with van der Waals surface area (Å²) in [5.41, 5.74) is 2.30. The van der Waals surface area contributed by atoms with Gasteiger partial charge in [0.15, 0.2) is 5.75 Å². The number of rotatable bonds is 4. The van der Waals surface area contributed by atoms with Crippen molar-refractivity contribution in [1.82, 2.24) is 0 Å². The summed E-state index contributed by atoms with van der Waals surface area (Å²) in [6.07, 6.45) is 3.08. The second kappa shape index (κ2) is 7.10. The molecule has 5 rings (SSSR count). The van der Waals surface area contributed by atoms with Crippen LogP contribution in [0.1, 0.15) is 18.9 Å². The van der Waals surface area contributed by atoms with Gasteiger partial charge < -0.3 is 4.74 Å². The number of carbonyl (C=O) groups excluding carboxylic acids is 3. The number of benzene rings is 2. The third-order valence-electron chi connectivity index (χ3n) is 6.47. The molecule has 3 aliphatic rings. The lowest BCUT2D eigenvalue weighted by Gasteiger charge is -2.20. The van der Waals surface area contributed by atoms with Crippen molar-refractivity contribution in [1.29, 1.82) is 0 Å². The number of para-hydroxylation sites is 2. The molecule has 2 aromatic carbocycles. The fourth-order valence-corrected chi connectivity index (χ4v) is 5.29. The number of imide groups is 1. The van der Waals surface area contributed by atoms with Crippen LogP contribution in [0.2, 0.25) is 5.02 Å². The number of hydrogen-bond acceptors (Lipinski definition) is 4. The van der Waals surface area contributed by atoms with E-state index in [4.69, 9.17) is 16.3 Å². The zero-order valence-corrected chi connectivity index (χ0v) is 17.1. The Labute approximate surface area is 179 Å². The van der Waals surface area contributed by atoms with Crippen molar-refractivity contribution in [2.24, 2.45) is 23.7 Å². The number of esters is 1. The summed E-state index contributed by atoms with van der Waals surface area (Å²) in [6, 6.07) is 13.7. The van der Waals surface area contributed by atoms with Crippen LogP contribution >= 0.6 is 11.6 Å². The molecule has 5 nitrogen and oxygen atoms in total. The molecule has 1 saturated heterocycles. The molecule has 2 aromatic rings. The van der Waals surface area contributed by atoms with Crippen molar-refractivity contribution in [2.45, 2.75) is 19.8 Å². The lowest BCUT2D eigenvalue weighted by atomic mass is 9.82. The lowest BCUT2D eigenvalue weighted by Crippen LogP contribution is -2.33. The van der Waals surface area contributed by atoms with Gasteiger partial charge in [0, 0.05) is 5.02 Å². The molecule has 0 N–H and O–H groups in total. The molecule has 0 aromatic heterocycles. The van der Waals surface area contributed by atoms with Gasteiger partial charge in [0.2, 0.25) is 11.8 Å². The van der Waals surface area contributed by atoms with E-state index >= 15 is 0 Å². The quantitative estimate of drug-likeness (QED) is 0.321. The zero-order chi connectivity index (χ0) is 21.0. The number of fused-ring (bicyclic) bond motifs is 5. The van der Waals surface area contributed by atoms with E-state index < -0.39 is 5.97 Å². The smallest absolute Gasteiger partial charge is 0.315 e. The van der Waals surface area contributed by atoms with Gasteiger partial charge in [-0.05, 0) is 55.0 Å². The van der Waals surface area contributed by atoms with Crippen LogP contribution in [0, 0.1) is 23.7 Å². The highest BCUT2D eigenvalue weighted by Gasteiger charge is 2.61. The van der Waals surface area contributed by atoms with Gasteiger partial charge in [-0.15, -0.1) is 0 Å². The van der Waals surface area contributed by atoms with Crippen molar-refractivity contribution in [3.63, 3.8) is 0 Å². The van der Waals surface area contributed by atoms with Crippen molar-refractivity contribution < 1.29 is 19.1 Å². The molecule has 0 spiro atoms. The first-order valence-electron chi connectivity index (χ1n) is 10.0. The number of anilines is 1. The van der Waals surface area contributed by atoms with Crippen molar-refractivity contribution in [3.05, 3.63) is 70.8 Å². The Morgan fingerprint density at radius 3 is 2.53 bits per heavy atom. The summed E-state index contributed by atoms with van der Waals surface area (Å²) >= 11 is 5.88. The van der Waals surface area contributed by atoms with E-state index in [1.54, 1.807) is 48.5 Å². The topological polar surface area (TPSA) is 63.7 Å².